The largest absolute Gasteiger partial charge is 0.466 e. The number of carbonyl (C=O) groups excluding carboxylic acids is 2. The lowest BCUT2D eigenvalue weighted by atomic mass is 9.83. The van der Waals surface area contributed by atoms with Crippen LogP contribution in [0.15, 0.2) is 0 Å². The Balaban J connectivity index is 2.49. The fourth-order valence-electron chi connectivity index (χ4n) is 2.81. The first-order chi connectivity index (χ1) is 9.73. The zero-order chi connectivity index (χ0) is 16.0. The van der Waals surface area contributed by atoms with Crippen LogP contribution >= 0.6 is 0 Å². The first-order valence-corrected chi connectivity index (χ1v) is 7.22. The molecule has 0 aromatic rings. The second kappa shape index (κ2) is 7.66. The summed E-state index contributed by atoms with van der Waals surface area (Å²) in [7, 11) is 0. The number of hydrogen-bond acceptors (Lipinski definition) is 3. The van der Waals surface area contributed by atoms with Gasteiger partial charge >= 0.3 is 12.1 Å². The van der Waals surface area contributed by atoms with Crippen LogP contribution in [0.3, 0.4) is 0 Å². The number of hydrogen-bond donors (Lipinski definition) is 0. The average Bonchev–Trinajstić information content (AvgIpc) is 2.36. The van der Waals surface area contributed by atoms with E-state index in [-0.39, 0.29) is 17.9 Å². The summed E-state index contributed by atoms with van der Waals surface area (Å²) in [6.07, 6.45) is -1.79. The normalized spacial score (nSPS) is 22.7. The van der Waals surface area contributed by atoms with Crippen LogP contribution in [-0.4, -0.2) is 42.1 Å². The van der Waals surface area contributed by atoms with Gasteiger partial charge in [-0.25, -0.2) is 0 Å². The molecule has 7 heteroatoms. The molecule has 0 heterocycles. The highest BCUT2D eigenvalue weighted by Crippen LogP contribution is 2.31. The minimum Gasteiger partial charge on any atom is -0.466 e. The molecule has 0 aromatic heterocycles. The number of ether oxygens (including phenoxy) is 1. The molecule has 1 aliphatic carbocycles. The molecule has 0 spiro atoms. The minimum absolute atomic E-state index is 0.139. The van der Waals surface area contributed by atoms with E-state index < -0.39 is 18.6 Å². The van der Waals surface area contributed by atoms with Gasteiger partial charge in [0.25, 0.3) is 0 Å². The van der Waals surface area contributed by atoms with Crippen molar-refractivity contribution < 1.29 is 27.5 Å². The van der Waals surface area contributed by atoms with Gasteiger partial charge in [0, 0.05) is 19.4 Å². The molecule has 1 fully saturated rings. The number of alkyl halides is 3. The molecule has 0 radical (unpaired) electrons. The fraction of sp³-hybridized carbons (Fsp3) is 0.857. The highest BCUT2D eigenvalue weighted by Gasteiger charge is 2.36. The zero-order valence-electron chi connectivity index (χ0n) is 12.4. The van der Waals surface area contributed by atoms with Crippen LogP contribution in [0.1, 0.15) is 46.0 Å². The molecule has 0 bridgehead atoms. The molecule has 4 nitrogen and oxygen atoms in total. The van der Waals surface area contributed by atoms with Crippen LogP contribution in [0.2, 0.25) is 0 Å². The van der Waals surface area contributed by atoms with Gasteiger partial charge in [-0.05, 0) is 38.5 Å². The summed E-state index contributed by atoms with van der Waals surface area (Å²) in [4.78, 5) is 23.7. The predicted molar refractivity (Wildman–Crippen MR) is 70.4 cm³/mol. The topological polar surface area (TPSA) is 46.6 Å². The molecule has 1 amide bonds. The van der Waals surface area contributed by atoms with Crippen molar-refractivity contribution in [1.82, 2.24) is 4.90 Å². The Labute approximate surface area is 122 Å². The van der Waals surface area contributed by atoms with Gasteiger partial charge in [0.15, 0.2) is 0 Å². The number of carbonyl (C=O) groups is 2. The van der Waals surface area contributed by atoms with E-state index in [2.05, 4.69) is 0 Å². The van der Waals surface area contributed by atoms with Gasteiger partial charge in [-0.3, -0.25) is 9.59 Å². The molecule has 0 unspecified atom stereocenters. The van der Waals surface area contributed by atoms with Gasteiger partial charge in [0.05, 0.1) is 6.61 Å². The van der Waals surface area contributed by atoms with E-state index in [9.17, 15) is 22.8 Å². The summed E-state index contributed by atoms with van der Waals surface area (Å²) in [5, 5.41) is 0. The number of esters is 1. The molecular formula is C14H22F3NO3. The Morgan fingerprint density at radius 3 is 2.19 bits per heavy atom. The maximum atomic E-state index is 12.5. The van der Waals surface area contributed by atoms with Crippen molar-refractivity contribution in [3.05, 3.63) is 0 Å². The highest BCUT2D eigenvalue weighted by atomic mass is 19.4. The Kier molecular flexibility index (Phi) is 6.48. The third-order valence-corrected chi connectivity index (χ3v) is 3.77. The Morgan fingerprint density at radius 2 is 1.76 bits per heavy atom. The third kappa shape index (κ3) is 6.35. The van der Waals surface area contributed by atoms with Crippen LogP contribution in [0.4, 0.5) is 13.2 Å². The van der Waals surface area contributed by atoms with Crippen molar-refractivity contribution in [3.63, 3.8) is 0 Å². The van der Waals surface area contributed by atoms with Crippen molar-refractivity contribution >= 4 is 11.9 Å². The van der Waals surface area contributed by atoms with Gasteiger partial charge in [0.1, 0.15) is 6.54 Å². The second-order valence-corrected chi connectivity index (χ2v) is 5.45. The molecule has 0 saturated heterocycles. The monoisotopic (exact) mass is 309 g/mol. The SMILES string of the molecule is CCOC(=O)C[C@H]1CC[C@H](N(CC(F)(F)F)C(C)=O)CC1. The van der Waals surface area contributed by atoms with E-state index in [0.717, 1.165) is 11.8 Å². The van der Waals surface area contributed by atoms with Crippen LogP contribution in [0, 0.1) is 5.92 Å². The quantitative estimate of drug-likeness (QED) is 0.734. The first kappa shape index (κ1) is 17.8. The summed E-state index contributed by atoms with van der Waals surface area (Å²) in [6.45, 7) is 2.03. The summed E-state index contributed by atoms with van der Waals surface area (Å²) in [5.41, 5.74) is 0. The molecule has 1 aliphatic rings. The summed E-state index contributed by atoms with van der Waals surface area (Å²) < 4.78 is 42.4. The molecule has 1 saturated carbocycles. The van der Waals surface area contributed by atoms with E-state index in [1.165, 1.54) is 0 Å². The molecule has 0 atom stereocenters. The Hall–Kier alpha value is -1.27. The van der Waals surface area contributed by atoms with Crippen LogP contribution in [0.5, 0.6) is 0 Å². The number of rotatable bonds is 5. The van der Waals surface area contributed by atoms with Gasteiger partial charge in [0.2, 0.25) is 5.91 Å². The van der Waals surface area contributed by atoms with Crippen LogP contribution in [-0.2, 0) is 14.3 Å². The lowest BCUT2D eigenvalue weighted by Crippen LogP contribution is -2.46. The van der Waals surface area contributed by atoms with Gasteiger partial charge in [-0.1, -0.05) is 0 Å². The smallest absolute Gasteiger partial charge is 0.406 e. The average molecular weight is 309 g/mol. The van der Waals surface area contributed by atoms with E-state index in [1.54, 1.807) is 6.92 Å². The zero-order valence-corrected chi connectivity index (χ0v) is 12.4. The molecule has 122 valence electrons. The summed E-state index contributed by atoms with van der Waals surface area (Å²) >= 11 is 0. The van der Waals surface area contributed by atoms with Gasteiger partial charge in [-0.2, -0.15) is 13.2 Å². The molecule has 0 N–H and O–H groups in total. The first-order valence-electron chi connectivity index (χ1n) is 7.22. The number of halogens is 3. The molecular weight excluding hydrogens is 287 g/mol. The van der Waals surface area contributed by atoms with Crippen molar-refractivity contribution in [3.8, 4) is 0 Å². The Morgan fingerprint density at radius 1 is 1.19 bits per heavy atom. The maximum Gasteiger partial charge on any atom is 0.406 e. The van der Waals surface area contributed by atoms with E-state index in [1.807, 2.05) is 0 Å². The van der Waals surface area contributed by atoms with Crippen molar-refractivity contribution in [1.29, 1.82) is 0 Å². The highest BCUT2D eigenvalue weighted by molar-refractivity contribution is 5.73. The lowest BCUT2D eigenvalue weighted by molar-refractivity contribution is -0.166. The second-order valence-electron chi connectivity index (χ2n) is 5.45. The van der Waals surface area contributed by atoms with Crippen LogP contribution in [0.25, 0.3) is 0 Å². The summed E-state index contributed by atoms with van der Waals surface area (Å²) in [5.74, 6) is -0.680. The number of nitrogens with zero attached hydrogens (tertiary/aromatic N) is 1. The van der Waals surface area contributed by atoms with E-state index in [4.69, 9.17) is 4.74 Å². The molecule has 0 aliphatic heterocycles. The minimum atomic E-state index is -4.38. The molecule has 0 aromatic carbocycles. The predicted octanol–water partition coefficient (Wildman–Crippen LogP) is 2.91. The van der Waals surface area contributed by atoms with Gasteiger partial charge < -0.3 is 9.64 Å². The molecule has 21 heavy (non-hydrogen) atoms. The van der Waals surface area contributed by atoms with Crippen molar-refractivity contribution in [2.75, 3.05) is 13.2 Å². The van der Waals surface area contributed by atoms with Crippen molar-refractivity contribution in [2.24, 2.45) is 5.92 Å². The van der Waals surface area contributed by atoms with Crippen LogP contribution < -0.4 is 0 Å². The fourth-order valence-corrected chi connectivity index (χ4v) is 2.81. The third-order valence-electron chi connectivity index (χ3n) is 3.77. The Bertz CT molecular complexity index is 363. The maximum absolute atomic E-state index is 12.5. The van der Waals surface area contributed by atoms with Gasteiger partial charge in [-0.15, -0.1) is 0 Å². The summed E-state index contributed by atoms with van der Waals surface area (Å²) in [6, 6.07) is -0.387. The van der Waals surface area contributed by atoms with E-state index >= 15 is 0 Å². The standard InChI is InChI=1S/C14H22F3NO3/c1-3-21-13(20)8-11-4-6-12(7-5-11)18(10(2)19)9-14(15,16)17/h11-12H,3-9H2,1-2H3/t11-,12-. The molecule has 1 rings (SSSR count). The number of amides is 1. The van der Waals surface area contributed by atoms with E-state index in [0.29, 0.717) is 38.7 Å². The lowest BCUT2D eigenvalue weighted by Gasteiger charge is -2.36. The van der Waals surface area contributed by atoms with Crippen molar-refractivity contribution in [2.45, 2.75) is 58.2 Å².